The number of carbonyl (C=O) groups is 2. The van der Waals surface area contributed by atoms with Crippen molar-refractivity contribution in [2.75, 3.05) is 0 Å². The molecule has 3 fully saturated rings. The maximum atomic E-state index is 12.2. The molecule has 0 aromatic carbocycles. The van der Waals surface area contributed by atoms with E-state index in [1.54, 1.807) is 0 Å². The Hall–Kier alpha value is -1.00. The van der Waals surface area contributed by atoms with Gasteiger partial charge in [-0.05, 0) is 74.7 Å². The van der Waals surface area contributed by atoms with Crippen LogP contribution in [0.3, 0.4) is 0 Å². The molecule has 7 atom stereocenters. The Labute approximate surface area is 149 Å². The second-order valence-corrected chi connectivity index (χ2v) is 9.53. The fourth-order valence-electron chi connectivity index (χ4n) is 7.27. The van der Waals surface area contributed by atoms with Gasteiger partial charge in [0.05, 0.1) is 6.10 Å². The summed E-state index contributed by atoms with van der Waals surface area (Å²) in [6.45, 7) is 5.73. The first kappa shape index (κ1) is 17.4. The second kappa shape index (κ2) is 5.26. The molecule has 0 aromatic heterocycles. The van der Waals surface area contributed by atoms with Gasteiger partial charge in [0.25, 0.3) is 0 Å². The lowest BCUT2D eigenvalue weighted by molar-refractivity contribution is -0.179. The third-order valence-corrected chi connectivity index (χ3v) is 8.63. The lowest BCUT2D eigenvalue weighted by Gasteiger charge is -2.60. The molecule has 0 aromatic rings. The predicted octanol–water partition coefficient (Wildman–Crippen LogP) is 2.81. The van der Waals surface area contributed by atoms with Gasteiger partial charge in [0, 0.05) is 11.8 Å². The van der Waals surface area contributed by atoms with Crippen molar-refractivity contribution in [2.45, 2.75) is 77.4 Å². The smallest absolute Gasteiger partial charge is 0.161 e. The van der Waals surface area contributed by atoms with Gasteiger partial charge in [-0.1, -0.05) is 19.4 Å². The van der Waals surface area contributed by atoms with Gasteiger partial charge in [-0.25, -0.2) is 0 Å². The average molecular weight is 346 g/mol. The minimum absolute atomic E-state index is 0.117. The van der Waals surface area contributed by atoms with Crippen molar-refractivity contribution in [2.24, 2.45) is 28.6 Å². The molecule has 3 saturated carbocycles. The van der Waals surface area contributed by atoms with Gasteiger partial charge in [0.15, 0.2) is 11.6 Å². The molecule has 0 bridgehead atoms. The molecule has 0 spiro atoms. The number of hydrogen-bond donors (Lipinski definition) is 2. The van der Waals surface area contributed by atoms with Crippen LogP contribution in [0, 0.1) is 28.6 Å². The van der Waals surface area contributed by atoms with Crippen molar-refractivity contribution in [1.82, 2.24) is 0 Å². The normalized spacial score (nSPS) is 52.0. The molecule has 0 radical (unpaired) electrons. The van der Waals surface area contributed by atoms with E-state index in [9.17, 15) is 19.8 Å². The topological polar surface area (TPSA) is 74.6 Å². The number of allylic oxidation sites excluding steroid dienone is 1. The van der Waals surface area contributed by atoms with E-state index >= 15 is 0 Å². The van der Waals surface area contributed by atoms with Crippen LogP contribution in [-0.2, 0) is 9.59 Å². The molecule has 4 aliphatic carbocycles. The highest BCUT2D eigenvalue weighted by molar-refractivity contribution is 5.91. The molecule has 0 aliphatic heterocycles. The van der Waals surface area contributed by atoms with Crippen LogP contribution in [0.5, 0.6) is 0 Å². The molecule has 0 amide bonds. The highest BCUT2D eigenvalue weighted by Crippen LogP contribution is 2.67. The van der Waals surface area contributed by atoms with Crippen LogP contribution in [-0.4, -0.2) is 33.5 Å². The molecular weight excluding hydrogens is 316 g/mol. The molecule has 4 nitrogen and oxygen atoms in total. The number of rotatable bonds is 1. The largest absolute Gasteiger partial charge is 0.393 e. The van der Waals surface area contributed by atoms with Gasteiger partial charge in [0.1, 0.15) is 5.60 Å². The number of Topliss-reactive ketones (excluding diaryl/α,β-unsaturated/α-hetero) is 1. The maximum Gasteiger partial charge on any atom is 0.161 e. The molecular formula is C21H30O4. The Morgan fingerprint density at radius 3 is 2.60 bits per heavy atom. The van der Waals surface area contributed by atoms with Crippen LogP contribution in [0.15, 0.2) is 11.6 Å². The molecule has 2 N–H and O–H groups in total. The quantitative estimate of drug-likeness (QED) is 0.766. The van der Waals surface area contributed by atoms with E-state index in [1.807, 2.05) is 13.0 Å². The molecule has 138 valence electrons. The summed E-state index contributed by atoms with van der Waals surface area (Å²) in [6.07, 6.45) is 6.38. The third-order valence-electron chi connectivity index (χ3n) is 8.63. The first-order chi connectivity index (χ1) is 11.6. The van der Waals surface area contributed by atoms with Crippen molar-refractivity contribution in [3.63, 3.8) is 0 Å². The van der Waals surface area contributed by atoms with Crippen LogP contribution in [0.25, 0.3) is 0 Å². The molecule has 4 rings (SSSR count). The van der Waals surface area contributed by atoms with Gasteiger partial charge in [-0.15, -0.1) is 0 Å². The first-order valence-corrected chi connectivity index (χ1v) is 9.79. The fourth-order valence-corrected chi connectivity index (χ4v) is 7.27. The summed E-state index contributed by atoms with van der Waals surface area (Å²) in [6, 6.07) is 0. The van der Waals surface area contributed by atoms with Gasteiger partial charge >= 0.3 is 0 Å². The van der Waals surface area contributed by atoms with E-state index in [2.05, 4.69) is 6.92 Å². The molecule has 25 heavy (non-hydrogen) atoms. The molecule has 0 unspecified atom stereocenters. The van der Waals surface area contributed by atoms with Crippen molar-refractivity contribution >= 4 is 11.6 Å². The molecule has 0 saturated heterocycles. The zero-order chi connectivity index (χ0) is 18.2. The number of fused-ring (bicyclic) bond motifs is 5. The van der Waals surface area contributed by atoms with Gasteiger partial charge in [-0.2, -0.15) is 0 Å². The SMILES string of the molecule is CC(=O)[C@]1(O)CC[C@@H]2[C@H]3CCC4=CC(=O)CC[C@]4(C)[C@@H]3[C@@H](O)C[C@@]21C. The standard InChI is InChI=1S/C21H30O4/c1-12(22)21(25)9-7-16-15-5-4-13-10-14(23)6-8-19(13,2)18(15)17(24)11-20(16,21)3/h10,15-18,24-25H,4-9,11H2,1-3H3/t15-,16-,17+,18+,19+,20+,21-/m1/s1. The van der Waals surface area contributed by atoms with Crippen molar-refractivity contribution < 1.29 is 19.8 Å². The molecule has 4 aliphatic rings. The average Bonchev–Trinajstić information content (AvgIpc) is 2.80. The van der Waals surface area contributed by atoms with E-state index in [1.165, 1.54) is 12.5 Å². The van der Waals surface area contributed by atoms with E-state index < -0.39 is 17.1 Å². The number of carbonyl (C=O) groups excluding carboxylic acids is 2. The monoisotopic (exact) mass is 346 g/mol. The van der Waals surface area contributed by atoms with E-state index in [0.717, 1.165) is 25.7 Å². The Bertz CT molecular complexity index is 667. The number of aliphatic hydroxyl groups is 2. The lowest BCUT2D eigenvalue weighted by Crippen LogP contribution is -2.61. The number of aliphatic hydroxyl groups excluding tert-OH is 1. The Balaban J connectivity index is 1.75. The van der Waals surface area contributed by atoms with Gasteiger partial charge in [0.2, 0.25) is 0 Å². The summed E-state index contributed by atoms with van der Waals surface area (Å²) in [7, 11) is 0. The zero-order valence-corrected chi connectivity index (χ0v) is 15.5. The van der Waals surface area contributed by atoms with Crippen LogP contribution in [0.4, 0.5) is 0 Å². The highest BCUT2D eigenvalue weighted by atomic mass is 16.3. The van der Waals surface area contributed by atoms with Gasteiger partial charge < -0.3 is 10.2 Å². The van der Waals surface area contributed by atoms with E-state index in [0.29, 0.717) is 25.2 Å². The van der Waals surface area contributed by atoms with Crippen LogP contribution < -0.4 is 0 Å². The lowest BCUT2D eigenvalue weighted by atomic mass is 9.45. The first-order valence-electron chi connectivity index (χ1n) is 9.79. The van der Waals surface area contributed by atoms with Crippen molar-refractivity contribution in [3.8, 4) is 0 Å². The Morgan fingerprint density at radius 2 is 1.92 bits per heavy atom. The molecule has 4 heteroatoms. The second-order valence-electron chi connectivity index (χ2n) is 9.53. The van der Waals surface area contributed by atoms with E-state index in [4.69, 9.17) is 0 Å². The van der Waals surface area contributed by atoms with Crippen molar-refractivity contribution in [1.29, 1.82) is 0 Å². The summed E-state index contributed by atoms with van der Waals surface area (Å²) in [5.74, 6) is 0.776. The Kier molecular flexibility index (Phi) is 3.66. The van der Waals surface area contributed by atoms with Crippen LogP contribution in [0.1, 0.15) is 65.7 Å². The summed E-state index contributed by atoms with van der Waals surface area (Å²) in [5.41, 5.74) is -0.744. The minimum atomic E-state index is -1.30. The van der Waals surface area contributed by atoms with Crippen LogP contribution in [0.2, 0.25) is 0 Å². The fraction of sp³-hybridized carbons (Fsp3) is 0.810. The third kappa shape index (κ3) is 2.07. The van der Waals surface area contributed by atoms with Crippen LogP contribution >= 0.6 is 0 Å². The number of hydrogen-bond acceptors (Lipinski definition) is 4. The highest BCUT2D eigenvalue weighted by Gasteiger charge is 2.67. The van der Waals surface area contributed by atoms with Crippen molar-refractivity contribution in [3.05, 3.63) is 11.6 Å². The summed E-state index contributed by atoms with van der Waals surface area (Å²) >= 11 is 0. The summed E-state index contributed by atoms with van der Waals surface area (Å²) < 4.78 is 0. The van der Waals surface area contributed by atoms with Gasteiger partial charge in [-0.3, -0.25) is 9.59 Å². The zero-order valence-electron chi connectivity index (χ0n) is 15.5. The Morgan fingerprint density at radius 1 is 1.20 bits per heavy atom. The molecule has 0 heterocycles. The minimum Gasteiger partial charge on any atom is -0.393 e. The summed E-state index contributed by atoms with van der Waals surface area (Å²) in [4.78, 5) is 24.1. The predicted molar refractivity (Wildman–Crippen MR) is 93.7 cm³/mol. The maximum absolute atomic E-state index is 12.2. The summed E-state index contributed by atoms with van der Waals surface area (Å²) in [5, 5.41) is 22.3. The number of ketones is 2. The van der Waals surface area contributed by atoms with E-state index in [-0.39, 0.29) is 28.8 Å².